The van der Waals surface area contributed by atoms with Crippen molar-refractivity contribution < 1.29 is 4.74 Å². The standard InChI is InChI=1S/C12H25NO/c1-4-11-9-10(7-8-14-11)12(5-2)13-6-3/h10-13H,4-9H2,1-3H3. The van der Waals surface area contributed by atoms with Crippen molar-refractivity contribution in [3.05, 3.63) is 0 Å². The summed E-state index contributed by atoms with van der Waals surface area (Å²) in [5.41, 5.74) is 0. The van der Waals surface area contributed by atoms with Gasteiger partial charge in [0, 0.05) is 12.6 Å². The summed E-state index contributed by atoms with van der Waals surface area (Å²) in [6.45, 7) is 8.75. The van der Waals surface area contributed by atoms with Gasteiger partial charge < -0.3 is 10.1 Å². The summed E-state index contributed by atoms with van der Waals surface area (Å²) in [5, 5.41) is 3.59. The maximum absolute atomic E-state index is 5.70. The summed E-state index contributed by atoms with van der Waals surface area (Å²) < 4.78 is 5.70. The van der Waals surface area contributed by atoms with Crippen LogP contribution in [0.3, 0.4) is 0 Å². The Labute approximate surface area is 88.4 Å². The highest BCUT2D eigenvalue weighted by Gasteiger charge is 2.26. The number of rotatable bonds is 5. The Kier molecular flexibility index (Phi) is 5.49. The zero-order chi connectivity index (χ0) is 10.4. The van der Waals surface area contributed by atoms with Gasteiger partial charge in [-0.05, 0) is 38.1 Å². The Morgan fingerprint density at radius 3 is 2.71 bits per heavy atom. The summed E-state index contributed by atoms with van der Waals surface area (Å²) in [6, 6.07) is 0.706. The van der Waals surface area contributed by atoms with E-state index in [1.165, 1.54) is 25.7 Å². The summed E-state index contributed by atoms with van der Waals surface area (Å²) in [5.74, 6) is 0.832. The van der Waals surface area contributed by atoms with E-state index in [9.17, 15) is 0 Å². The lowest BCUT2D eigenvalue weighted by molar-refractivity contribution is -0.0188. The molecule has 0 aromatic rings. The molecule has 3 atom stereocenters. The minimum absolute atomic E-state index is 0.515. The molecule has 3 unspecified atom stereocenters. The van der Waals surface area contributed by atoms with E-state index in [4.69, 9.17) is 4.74 Å². The molecule has 1 aliphatic rings. The van der Waals surface area contributed by atoms with Crippen LogP contribution in [0, 0.1) is 5.92 Å². The van der Waals surface area contributed by atoms with E-state index in [1.54, 1.807) is 0 Å². The fourth-order valence-electron chi connectivity index (χ4n) is 2.47. The first kappa shape index (κ1) is 12.0. The van der Waals surface area contributed by atoms with E-state index in [1.807, 2.05) is 0 Å². The smallest absolute Gasteiger partial charge is 0.0575 e. The second-order valence-electron chi connectivity index (χ2n) is 4.26. The van der Waals surface area contributed by atoms with E-state index in [0.717, 1.165) is 19.1 Å². The zero-order valence-electron chi connectivity index (χ0n) is 9.88. The third-order valence-electron chi connectivity index (χ3n) is 3.34. The second kappa shape index (κ2) is 6.41. The lowest BCUT2D eigenvalue weighted by Gasteiger charge is -2.34. The fourth-order valence-corrected chi connectivity index (χ4v) is 2.47. The molecule has 0 spiro atoms. The number of nitrogens with one attached hydrogen (secondary N) is 1. The molecule has 1 heterocycles. The number of hydrogen-bond donors (Lipinski definition) is 1. The highest BCUT2D eigenvalue weighted by atomic mass is 16.5. The van der Waals surface area contributed by atoms with Crippen molar-refractivity contribution in [3.63, 3.8) is 0 Å². The highest BCUT2D eigenvalue weighted by Crippen LogP contribution is 2.26. The topological polar surface area (TPSA) is 21.3 Å². The van der Waals surface area contributed by atoms with E-state index < -0.39 is 0 Å². The molecule has 0 aromatic carbocycles. The van der Waals surface area contributed by atoms with Crippen LogP contribution in [0.25, 0.3) is 0 Å². The summed E-state index contributed by atoms with van der Waals surface area (Å²) >= 11 is 0. The molecule has 2 nitrogen and oxygen atoms in total. The van der Waals surface area contributed by atoms with Crippen molar-refractivity contribution in [1.29, 1.82) is 0 Å². The van der Waals surface area contributed by atoms with Crippen molar-refractivity contribution in [2.24, 2.45) is 5.92 Å². The maximum Gasteiger partial charge on any atom is 0.0575 e. The molecule has 1 N–H and O–H groups in total. The quantitative estimate of drug-likeness (QED) is 0.735. The molecule has 14 heavy (non-hydrogen) atoms. The fraction of sp³-hybridized carbons (Fsp3) is 1.00. The summed E-state index contributed by atoms with van der Waals surface area (Å²) in [7, 11) is 0. The Morgan fingerprint density at radius 1 is 1.36 bits per heavy atom. The van der Waals surface area contributed by atoms with E-state index in [0.29, 0.717) is 12.1 Å². The summed E-state index contributed by atoms with van der Waals surface area (Å²) in [6.07, 6.45) is 5.42. The Bertz CT molecular complexity index is 149. The van der Waals surface area contributed by atoms with Crippen LogP contribution in [0.4, 0.5) is 0 Å². The molecule has 0 aliphatic carbocycles. The van der Waals surface area contributed by atoms with Gasteiger partial charge >= 0.3 is 0 Å². The van der Waals surface area contributed by atoms with Gasteiger partial charge in [-0.15, -0.1) is 0 Å². The largest absolute Gasteiger partial charge is 0.378 e. The van der Waals surface area contributed by atoms with Gasteiger partial charge in [-0.3, -0.25) is 0 Å². The monoisotopic (exact) mass is 199 g/mol. The van der Waals surface area contributed by atoms with Crippen LogP contribution >= 0.6 is 0 Å². The normalized spacial score (nSPS) is 30.2. The lowest BCUT2D eigenvalue weighted by atomic mass is 9.86. The van der Waals surface area contributed by atoms with Crippen LogP contribution in [0.1, 0.15) is 46.5 Å². The van der Waals surface area contributed by atoms with Gasteiger partial charge in [0.2, 0.25) is 0 Å². The van der Waals surface area contributed by atoms with Crippen molar-refractivity contribution in [2.75, 3.05) is 13.2 Å². The van der Waals surface area contributed by atoms with Crippen molar-refractivity contribution in [3.8, 4) is 0 Å². The van der Waals surface area contributed by atoms with Crippen LogP contribution in [0.5, 0.6) is 0 Å². The van der Waals surface area contributed by atoms with Crippen molar-refractivity contribution >= 4 is 0 Å². The first-order chi connectivity index (χ1) is 6.81. The van der Waals surface area contributed by atoms with Crippen LogP contribution in [-0.2, 0) is 4.74 Å². The predicted molar refractivity (Wildman–Crippen MR) is 60.5 cm³/mol. The van der Waals surface area contributed by atoms with Gasteiger partial charge in [-0.1, -0.05) is 20.8 Å². The van der Waals surface area contributed by atoms with Crippen LogP contribution < -0.4 is 5.32 Å². The molecule has 0 saturated carbocycles. The van der Waals surface area contributed by atoms with Gasteiger partial charge in [-0.25, -0.2) is 0 Å². The van der Waals surface area contributed by atoms with Gasteiger partial charge in [0.05, 0.1) is 6.10 Å². The molecule has 2 heteroatoms. The summed E-state index contributed by atoms with van der Waals surface area (Å²) in [4.78, 5) is 0. The number of hydrogen-bond acceptors (Lipinski definition) is 2. The molecular weight excluding hydrogens is 174 g/mol. The average molecular weight is 199 g/mol. The minimum Gasteiger partial charge on any atom is -0.378 e. The molecular formula is C12H25NO. The van der Waals surface area contributed by atoms with Crippen LogP contribution in [-0.4, -0.2) is 25.3 Å². The Hall–Kier alpha value is -0.0800. The van der Waals surface area contributed by atoms with E-state index >= 15 is 0 Å². The third kappa shape index (κ3) is 3.25. The van der Waals surface area contributed by atoms with E-state index in [2.05, 4.69) is 26.1 Å². The molecule has 0 amide bonds. The lowest BCUT2D eigenvalue weighted by Crippen LogP contribution is -2.40. The minimum atomic E-state index is 0.515. The molecule has 84 valence electrons. The highest BCUT2D eigenvalue weighted by molar-refractivity contribution is 4.80. The zero-order valence-corrected chi connectivity index (χ0v) is 9.88. The van der Waals surface area contributed by atoms with E-state index in [-0.39, 0.29) is 0 Å². The van der Waals surface area contributed by atoms with Gasteiger partial charge in [0.1, 0.15) is 0 Å². The van der Waals surface area contributed by atoms with Gasteiger partial charge in [0.15, 0.2) is 0 Å². The average Bonchev–Trinajstić information content (AvgIpc) is 2.26. The van der Waals surface area contributed by atoms with Crippen LogP contribution in [0.2, 0.25) is 0 Å². The molecule has 0 radical (unpaired) electrons. The Morgan fingerprint density at radius 2 is 2.14 bits per heavy atom. The number of ether oxygens (including phenoxy) is 1. The van der Waals surface area contributed by atoms with Crippen molar-refractivity contribution in [2.45, 2.75) is 58.6 Å². The second-order valence-corrected chi connectivity index (χ2v) is 4.26. The Balaban J connectivity index is 2.40. The predicted octanol–water partition coefficient (Wildman–Crippen LogP) is 2.58. The van der Waals surface area contributed by atoms with Crippen molar-refractivity contribution in [1.82, 2.24) is 5.32 Å². The van der Waals surface area contributed by atoms with Crippen LogP contribution in [0.15, 0.2) is 0 Å². The molecule has 0 aromatic heterocycles. The van der Waals surface area contributed by atoms with Gasteiger partial charge in [0.25, 0.3) is 0 Å². The SMILES string of the molecule is CCNC(CC)C1CCOC(CC)C1. The molecule has 1 saturated heterocycles. The molecule has 0 bridgehead atoms. The first-order valence-corrected chi connectivity index (χ1v) is 6.16. The maximum atomic E-state index is 5.70. The molecule has 1 rings (SSSR count). The third-order valence-corrected chi connectivity index (χ3v) is 3.34. The molecule has 1 aliphatic heterocycles. The molecule has 1 fully saturated rings. The van der Waals surface area contributed by atoms with Gasteiger partial charge in [-0.2, -0.15) is 0 Å². The first-order valence-electron chi connectivity index (χ1n) is 6.16.